The minimum absolute atomic E-state index is 0.0583. The van der Waals surface area contributed by atoms with Gasteiger partial charge in [-0.05, 0) is 41.3 Å². The summed E-state index contributed by atoms with van der Waals surface area (Å²) in [6.07, 6.45) is 0. The molecule has 0 saturated carbocycles. The first kappa shape index (κ1) is 18.9. The number of carbonyl (C=O) groups is 1. The SMILES string of the molecule is O=C(CN[C@H](c1ccc(F)cc1)c1cccs1)Nc1cccc(Cl)c1Cl. The first-order valence-electron chi connectivity index (χ1n) is 7.80. The molecule has 26 heavy (non-hydrogen) atoms. The summed E-state index contributed by atoms with van der Waals surface area (Å²) in [4.78, 5) is 13.3. The third kappa shape index (κ3) is 4.62. The van der Waals surface area contributed by atoms with Gasteiger partial charge in [0, 0.05) is 4.88 Å². The van der Waals surface area contributed by atoms with Crippen LogP contribution in [0.25, 0.3) is 0 Å². The van der Waals surface area contributed by atoms with Crippen LogP contribution in [0.15, 0.2) is 60.0 Å². The second-order valence-electron chi connectivity index (χ2n) is 5.53. The molecule has 0 saturated heterocycles. The van der Waals surface area contributed by atoms with Crippen LogP contribution < -0.4 is 10.6 Å². The van der Waals surface area contributed by atoms with Gasteiger partial charge < -0.3 is 5.32 Å². The van der Waals surface area contributed by atoms with Gasteiger partial charge in [0.1, 0.15) is 5.82 Å². The summed E-state index contributed by atoms with van der Waals surface area (Å²) < 4.78 is 13.2. The molecule has 1 amide bonds. The van der Waals surface area contributed by atoms with E-state index in [-0.39, 0.29) is 24.3 Å². The minimum atomic E-state index is -0.299. The number of hydrogen-bond donors (Lipinski definition) is 2. The van der Waals surface area contributed by atoms with Crippen molar-refractivity contribution in [2.24, 2.45) is 0 Å². The molecule has 0 fully saturated rings. The van der Waals surface area contributed by atoms with E-state index in [1.807, 2.05) is 17.5 Å². The third-order valence-electron chi connectivity index (χ3n) is 3.72. The molecule has 3 aromatic rings. The summed E-state index contributed by atoms with van der Waals surface area (Å²) in [5, 5.41) is 8.58. The van der Waals surface area contributed by atoms with Crippen LogP contribution in [0.3, 0.4) is 0 Å². The van der Waals surface area contributed by atoms with Gasteiger partial charge in [-0.3, -0.25) is 10.1 Å². The summed E-state index contributed by atoms with van der Waals surface area (Å²) in [5.41, 5.74) is 1.34. The highest BCUT2D eigenvalue weighted by atomic mass is 35.5. The highest BCUT2D eigenvalue weighted by molar-refractivity contribution is 7.10. The lowest BCUT2D eigenvalue weighted by Gasteiger charge is -2.18. The Kier molecular flexibility index (Phi) is 6.27. The topological polar surface area (TPSA) is 41.1 Å². The second-order valence-corrected chi connectivity index (χ2v) is 7.29. The van der Waals surface area contributed by atoms with Gasteiger partial charge in [-0.15, -0.1) is 11.3 Å². The minimum Gasteiger partial charge on any atom is -0.324 e. The molecule has 134 valence electrons. The summed E-state index contributed by atoms with van der Waals surface area (Å²) in [5.74, 6) is -0.551. The second kappa shape index (κ2) is 8.64. The van der Waals surface area contributed by atoms with Gasteiger partial charge in [0.2, 0.25) is 5.91 Å². The van der Waals surface area contributed by atoms with Gasteiger partial charge in [-0.25, -0.2) is 4.39 Å². The van der Waals surface area contributed by atoms with Crippen molar-refractivity contribution in [3.8, 4) is 0 Å². The lowest BCUT2D eigenvalue weighted by atomic mass is 10.1. The van der Waals surface area contributed by atoms with Crippen molar-refractivity contribution in [2.45, 2.75) is 6.04 Å². The van der Waals surface area contributed by atoms with E-state index in [1.54, 1.807) is 41.7 Å². The lowest BCUT2D eigenvalue weighted by molar-refractivity contribution is -0.115. The van der Waals surface area contributed by atoms with Crippen molar-refractivity contribution in [3.63, 3.8) is 0 Å². The largest absolute Gasteiger partial charge is 0.324 e. The summed E-state index contributed by atoms with van der Waals surface area (Å²) in [6, 6.07) is 15.0. The van der Waals surface area contributed by atoms with E-state index in [0.29, 0.717) is 15.7 Å². The zero-order valence-corrected chi connectivity index (χ0v) is 15.8. The highest BCUT2D eigenvalue weighted by Gasteiger charge is 2.17. The van der Waals surface area contributed by atoms with E-state index in [0.717, 1.165) is 10.4 Å². The van der Waals surface area contributed by atoms with E-state index >= 15 is 0 Å². The maximum atomic E-state index is 13.2. The number of halogens is 3. The Morgan fingerprint density at radius 3 is 2.54 bits per heavy atom. The predicted molar refractivity (Wildman–Crippen MR) is 106 cm³/mol. The molecule has 3 rings (SSSR count). The average Bonchev–Trinajstić information content (AvgIpc) is 3.15. The molecular weight excluding hydrogens is 394 g/mol. The van der Waals surface area contributed by atoms with Gasteiger partial charge in [0.25, 0.3) is 0 Å². The van der Waals surface area contributed by atoms with Crippen molar-refractivity contribution in [2.75, 3.05) is 11.9 Å². The summed E-state index contributed by atoms with van der Waals surface area (Å²) in [7, 11) is 0. The van der Waals surface area contributed by atoms with Crippen molar-refractivity contribution in [1.82, 2.24) is 5.32 Å². The molecule has 0 aliphatic heterocycles. The number of benzene rings is 2. The fourth-order valence-electron chi connectivity index (χ4n) is 2.48. The van der Waals surface area contributed by atoms with E-state index in [4.69, 9.17) is 23.2 Å². The molecule has 3 nitrogen and oxygen atoms in total. The molecule has 0 unspecified atom stereocenters. The number of hydrogen-bond acceptors (Lipinski definition) is 3. The van der Waals surface area contributed by atoms with Crippen LogP contribution >= 0.6 is 34.5 Å². The number of carbonyl (C=O) groups excluding carboxylic acids is 1. The van der Waals surface area contributed by atoms with Crippen molar-refractivity contribution in [1.29, 1.82) is 0 Å². The number of anilines is 1. The van der Waals surface area contributed by atoms with E-state index < -0.39 is 0 Å². The highest BCUT2D eigenvalue weighted by Crippen LogP contribution is 2.29. The monoisotopic (exact) mass is 408 g/mol. The third-order valence-corrected chi connectivity index (χ3v) is 5.48. The van der Waals surface area contributed by atoms with Gasteiger partial charge in [0.05, 0.1) is 28.3 Å². The zero-order chi connectivity index (χ0) is 18.5. The summed E-state index contributed by atoms with van der Waals surface area (Å²) >= 11 is 13.6. The normalized spacial score (nSPS) is 12.0. The van der Waals surface area contributed by atoms with Gasteiger partial charge >= 0.3 is 0 Å². The molecule has 0 aliphatic carbocycles. The van der Waals surface area contributed by atoms with Gasteiger partial charge in [-0.2, -0.15) is 0 Å². The van der Waals surface area contributed by atoms with E-state index in [9.17, 15) is 9.18 Å². The fourth-order valence-corrected chi connectivity index (χ4v) is 3.66. The van der Waals surface area contributed by atoms with E-state index in [1.165, 1.54) is 12.1 Å². The van der Waals surface area contributed by atoms with Crippen LogP contribution in [-0.4, -0.2) is 12.5 Å². The molecule has 2 N–H and O–H groups in total. The van der Waals surface area contributed by atoms with Crippen LogP contribution in [0.2, 0.25) is 10.0 Å². The van der Waals surface area contributed by atoms with E-state index in [2.05, 4.69) is 10.6 Å². The Bertz CT molecular complexity index is 885. The molecule has 1 atom stereocenters. The molecular formula is C19H15Cl2FN2OS. The first-order valence-corrected chi connectivity index (χ1v) is 9.44. The Morgan fingerprint density at radius 1 is 1.08 bits per heavy atom. The van der Waals surface area contributed by atoms with Crippen molar-refractivity contribution < 1.29 is 9.18 Å². The van der Waals surface area contributed by atoms with Crippen LogP contribution in [-0.2, 0) is 4.79 Å². The number of nitrogens with one attached hydrogen (secondary N) is 2. The van der Waals surface area contributed by atoms with Crippen LogP contribution in [0.4, 0.5) is 10.1 Å². The van der Waals surface area contributed by atoms with Crippen LogP contribution in [0, 0.1) is 5.82 Å². The first-order chi connectivity index (χ1) is 12.5. The van der Waals surface area contributed by atoms with Gasteiger partial charge in [0.15, 0.2) is 0 Å². The van der Waals surface area contributed by atoms with Crippen LogP contribution in [0.1, 0.15) is 16.5 Å². The Balaban J connectivity index is 1.70. The number of thiophene rings is 1. The Morgan fingerprint density at radius 2 is 1.85 bits per heavy atom. The molecule has 0 spiro atoms. The Labute approximate surface area is 164 Å². The molecule has 1 aromatic heterocycles. The average molecular weight is 409 g/mol. The molecule has 7 heteroatoms. The van der Waals surface area contributed by atoms with Crippen LogP contribution in [0.5, 0.6) is 0 Å². The lowest BCUT2D eigenvalue weighted by Crippen LogP contribution is -2.31. The predicted octanol–water partition coefficient (Wildman–Crippen LogP) is 5.51. The maximum Gasteiger partial charge on any atom is 0.238 e. The summed E-state index contributed by atoms with van der Waals surface area (Å²) in [6.45, 7) is 0.0583. The van der Waals surface area contributed by atoms with Crippen molar-refractivity contribution >= 4 is 46.1 Å². The maximum absolute atomic E-state index is 13.2. The molecule has 1 heterocycles. The Hall–Kier alpha value is -1.92. The standard InChI is InChI=1S/C19H15Cl2FN2OS/c20-14-3-1-4-15(18(14)21)24-17(25)11-23-19(16-5-2-10-26-16)12-6-8-13(22)9-7-12/h1-10,19,23H,11H2,(H,24,25)/t19-/m1/s1. The van der Waals surface area contributed by atoms with Crippen molar-refractivity contribution in [3.05, 3.63) is 86.3 Å². The smallest absolute Gasteiger partial charge is 0.238 e. The fraction of sp³-hybridized carbons (Fsp3) is 0.105. The number of amides is 1. The quantitative estimate of drug-likeness (QED) is 0.564. The molecule has 0 radical (unpaired) electrons. The molecule has 0 aliphatic rings. The zero-order valence-electron chi connectivity index (χ0n) is 13.5. The van der Waals surface area contributed by atoms with Gasteiger partial charge in [-0.1, -0.05) is 47.5 Å². The molecule has 0 bridgehead atoms. The molecule has 2 aromatic carbocycles. The number of rotatable bonds is 6.